The Kier molecular flexibility index (Phi) is 5.76. The Bertz CT molecular complexity index is 569. The minimum Gasteiger partial charge on any atom is -0.349 e. The Hall–Kier alpha value is -0.500. The van der Waals surface area contributed by atoms with Crippen molar-refractivity contribution in [3.63, 3.8) is 0 Å². The number of hydrogen-bond donors (Lipinski definition) is 2. The molecule has 21 heavy (non-hydrogen) atoms. The molecule has 120 valence electrons. The van der Waals surface area contributed by atoms with Gasteiger partial charge in [0.15, 0.2) is 0 Å². The summed E-state index contributed by atoms with van der Waals surface area (Å²) in [6.07, 6.45) is 6.91. The molecule has 0 spiro atoms. The molecule has 2 N–H and O–H groups in total. The molecule has 0 radical (unpaired) electrons. The van der Waals surface area contributed by atoms with Crippen LogP contribution in [0.1, 0.15) is 31.9 Å². The van der Waals surface area contributed by atoms with Gasteiger partial charge in [0.05, 0.1) is 4.90 Å². The molecule has 0 aliphatic heterocycles. The van der Waals surface area contributed by atoms with Crippen LogP contribution in [0.3, 0.4) is 0 Å². The van der Waals surface area contributed by atoms with Crippen molar-refractivity contribution in [1.82, 2.24) is 14.6 Å². The van der Waals surface area contributed by atoms with Gasteiger partial charge in [-0.05, 0) is 39.1 Å². The summed E-state index contributed by atoms with van der Waals surface area (Å²) in [5, 5.41) is 3.47. The SMILES string of the molecule is CCn1cc(S(=O)(=O)NC2CCCC2SC)cc1CNC. The van der Waals surface area contributed by atoms with Crippen molar-refractivity contribution in [3.8, 4) is 0 Å². The first-order chi connectivity index (χ1) is 10.0. The van der Waals surface area contributed by atoms with Crippen molar-refractivity contribution in [2.75, 3.05) is 13.3 Å². The van der Waals surface area contributed by atoms with E-state index in [1.807, 2.05) is 18.5 Å². The molecule has 5 nitrogen and oxygen atoms in total. The normalized spacial score (nSPS) is 22.8. The molecule has 1 fully saturated rings. The largest absolute Gasteiger partial charge is 0.349 e. The van der Waals surface area contributed by atoms with Crippen molar-refractivity contribution in [3.05, 3.63) is 18.0 Å². The van der Waals surface area contributed by atoms with E-state index in [0.717, 1.165) is 31.5 Å². The molecule has 1 aliphatic rings. The quantitative estimate of drug-likeness (QED) is 0.799. The van der Waals surface area contributed by atoms with E-state index in [1.54, 1.807) is 24.0 Å². The summed E-state index contributed by atoms with van der Waals surface area (Å²) in [5.74, 6) is 0. The highest BCUT2D eigenvalue weighted by atomic mass is 32.2. The van der Waals surface area contributed by atoms with Crippen LogP contribution in [0, 0.1) is 0 Å². The number of sulfonamides is 1. The predicted octanol–water partition coefficient (Wildman–Crippen LogP) is 1.79. The fraction of sp³-hybridized carbons (Fsp3) is 0.714. The number of thioether (sulfide) groups is 1. The van der Waals surface area contributed by atoms with Crippen LogP contribution in [0.15, 0.2) is 17.2 Å². The molecule has 7 heteroatoms. The molecule has 1 aromatic rings. The van der Waals surface area contributed by atoms with Crippen LogP contribution >= 0.6 is 11.8 Å². The second-order valence-electron chi connectivity index (χ2n) is 5.42. The third-order valence-electron chi connectivity index (χ3n) is 4.03. The fourth-order valence-corrected chi connectivity index (χ4v) is 5.30. The highest BCUT2D eigenvalue weighted by Crippen LogP contribution is 2.29. The number of hydrogen-bond acceptors (Lipinski definition) is 4. The van der Waals surface area contributed by atoms with E-state index in [9.17, 15) is 8.42 Å². The van der Waals surface area contributed by atoms with Gasteiger partial charge in [-0.1, -0.05) is 6.42 Å². The van der Waals surface area contributed by atoms with Crippen molar-refractivity contribution < 1.29 is 8.42 Å². The highest BCUT2D eigenvalue weighted by molar-refractivity contribution is 7.99. The molecule has 0 aromatic carbocycles. The lowest BCUT2D eigenvalue weighted by molar-refractivity contribution is 0.555. The minimum atomic E-state index is -3.43. The standard InChI is InChI=1S/C14H25N3O2S2/c1-4-17-10-12(8-11(17)9-15-2)21(18,19)16-13-6-5-7-14(13)20-3/h8,10,13-16H,4-7,9H2,1-3H3. The first kappa shape index (κ1) is 16.9. The third kappa shape index (κ3) is 3.83. The molecule has 0 saturated heterocycles. The van der Waals surface area contributed by atoms with Crippen molar-refractivity contribution in [1.29, 1.82) is 0 Å². The van der Waals surface area contributed by atoms with E-state index in [1.165, 1.54) is 0 Å². The summed E-state index contributed by atoms with van der Waals surface area (Å²) in [6.45, 7) is 3.45. The lowest BCUT2D eigenvalue weighted by Gasteiger charge is -2.18. The fourth-order valence-electron chi connectivity index (χ4n) is 2.91. The monoisotopic (exact) mass is 331 g/mol. The van der Waals surface area contributed by atoms with Gasteiger partial charge in [-0.2, -0.15) is 11.8 Å². The highest BCUT2D eigenvalue weighted by Gasteiger charge is 2.31. The number of nitrogens with one attached hydrogen (secondary N) is 2. The van der Waals surface area contributed by atoms with E-state index in [4.69, 9.17) is 0 Å². The van der Waals surface area contributed by atoms with Crippen molar-refractivity contribution >= 4 is 21.8 Å². The number of nitrogens with zero attached hydrogens (tertiary/aromatic N) is 1. The molecule has 1 heterocycles. The molecular formula is C14H25N3O2S2. The van der Waals surface area contributed by atoms with Gasteiger partial charge >= 0.3 is 0 Å². The molecule has 2 atom stereocenters. The Morgan fingerprint density at radius 3 is 2.81 bits per heavy atom. The number of aromatic nitrogens is 1. The molecular weight excluding hydrogens is 306 g/mol. The van der Waals surface area contributed by atoms with Gasteiger partial charge in [0.25, 0.3) is 0 Å². The minimum absolute atomic E-state index is 0.0581. The molecule has 1 aliphatic carbocycles. The number of aryl methyl sites for hydroxylation is 1. The summed E-state index contributed by atoms with van der Waals surface area (Å²) in [6, 6.07) is 1.83. The zero-order valence-electron chi connectivity index (χ0n) is 12.9. The maximum Gasteiger partial charge on any atom is 0.242 e. The summed E-state index contributed by atoms with van der Waals surface area (Å²) in [5.41, 5.74) is 0.994. The first-order valence-electron chi connectivity index (χ1n) is 7.40. The summed E-state index contributed by atoms with van der Waals surface area (Å²) >= 11 is 1.76. The van der Waals surface area contributed by atoms with Crippen LogP contribution in [0.2, 0.25) is 0 Å². The topological polar surface area (TPSA) is 63.1 Å². The molecule has 2 unspecified atom stereocenters. The van der Waals surface area contributed by atoms with E-state index >= 15 is 0 Å². The zero-order valence-corrected chi connectivity index (χ0v) is 14.6. The van der Waals surface area contributed by atoms with Gasteiger partial charge in [-0.25, -0.2) is 13.1 Å². The Balaban J connectivity index is 2.19. The van der Waals surface area contributed by atoms with Gasteiger partial charge in [0, 0.05) is 36.3 Å². The van der Waals surface area contributed by atoms with E-state index in [0.29, 0.717) is 16.7 Å². The Morgan fingerprint density at radius 1 is 1.43 bits per heavy atom. The van der Waals surface area contributed by atoms with Crippen LogP contribution in [0.25, 0.3) is 0 Å². The maximum absolute atomic E-state index is 12.6. The van der Waals surface area contributed by atoms with Crippen LogP contribution in [-0.2, 0) is 23.1 Å². The molecule has 0 bridgehead atoms. The maximum atomic E-state index is 12.6. The summed E-state index contributed by atoms with van der Waals surface area (Å²) in [4.78, 5) is 0.376. The lowest BCUT2D eigenvalue weighted by atomic mass is 10.3. The second kappa shape index (κ2) is 7.17. The van der Waals surface area contributed by atoms with E-state index in [2.05, 4.69) is 16.3 Å². The molecule has 1 saturated carbocycles. The molecule has 2 rings (SSSR count). The van der Waals surface area contributed by atoms with E-state index in [-0.39, 0.29) is 6.04 Å². The van der Waals surface area contributed by atoms with Gasteiger partial charge in [0.2, 0.25) is 10.0 Å². The van der Waals surface area contributed by atoms with Crippen LogP contribution in [-0.4, -0.2) is 37.6 Å². The first-order valence-corrected chi connectivity index (χ1v) is 10.2. The predicted molar refractivity (Wildman–Crippen MR) is 88.1 cm³/mol. The smallest absolute Gasteiger partial charge is 0.242 e. The van der Waals surface area contributed by atoms with Crippen LogP contribution < -0.4 is 10.0 Å². The number of rotatable bonds is 7. The van der Waals surface area contributed by atoms with Gasteiger partial charge in [0.1, 0.15) is 0 Å². The lowest BCUT2D eigenvalue weighted by Crippen LogP contribution is -2.38. The molecule has 0 amide bonds. The van der Waals surface area contributed by atoms with Gasteiger partial charge in [-0.15, -0.1) is 0 Å². The van der Waals surface area contributed by atoms with Gasteiger partial charge < -0.3 is 9.88 Å². The summed E-state index contributed by atoms with van der Waals surface area (Å²) < 4.78 is 30.0. The average Bonchev–Trinajstić information content (AvgIpc) is 3.05. The van der Waals surface area contributed by atoms with Crippen LogP contribution in [0.5, 0.6) is 0 Å². The van der Waals surface area contributed by atoms with Crippen LogP contribution in [0.4, 0.5) is 0 Å². The van der Waals surface area contributed by atoms with E-state index < -0.39 is 10.0 Å². The Morgan fingerprint density at radius 2 is 2.19 bits per heavy atom. The Labute approximate surface area is 131 Å². The van der Waals surface area contributed by atoms with Gasteiger partial charge in [-0.3, -0.25) is 0 Å². The third-order valence-corrected chi connectivity index (χ3v) is 6.66. The summed E-state index contributed by atoms with van der Waals surface area (Å²) in [7, 11) is -1.57. The molecule has 1 aromatic heterocycles. The van der Waals surface area contributed by atoms with Crippen molar-refractivity contribution in [2.24, 2.45) is 0 Å². The second-order valence-corrected chi connectivity index (χ2v) is 8.21. The zero-order chi connectivity index (χ0) is 15.5. The average molecular weight is 332 g/mol. The van der Waals surface area contributed by atoms with Crippen molar-refractivity contribution in [2.45, 2.75) is 55.5 Å².